The van der Waals surface area contributed by atoms with Crippen LogP contribution in [0.3, 0.4) is 0 Å². The minimum Gasteiger partial charge on any atom is -0.497 e. The molecule has 1 saturated carbocycles. The molecule has 0 atom stereocenters. The van der Waals surface area contributed by atoms with E-state index in [1.807, 2.05) is 17.5 Å². The Morgan fingerprint density at radius 1 is 1.11 bits per heavy atom. The molecule has 0 radical (unpaired) electrons. The van der Waals surface area contributed by atoms with Gasteiger partial charge in [-0.25, -0.2) is 4.98 Å². The van der Waals surface area contributed by atoms with Crippen LogP contribution in [0.5, 0.6) is 5.75 Å². The number of hydrogen-bond acceptors (Lipinski definition) is 6. The number of methoxy groups -OCH3 is 1. The summed E-state index contributed by atoms with van der Waals surface area (Å²) in [5, 5.41) is 5.95. The number of nitrogens with one attached hydrogen (secondary N) is 1. The van der Waals surface area contributed by atoms with E-state index in [0.717, 1.165) is 49.9 Å². The van der Waals surface area contributed by atoms with Crippen LogP contribution >= 0.6 is 11.3 Å². The summed E-state index contributed by atoms with van der Waals surface area (Å²) in [5.41, 5.74) is 1.77. The van der Waals surface area contributed by atoms with E-state index in [4.69, 9.17) is 4.74 Å². The van der Waals surface area contributed by atoms with Crippen molar-refractivity contribution in [2.24, 2.45) is 0 Å². The van der Waals surface area contributed by atoms with Crippen LogP contribution in [0.4, 0.5) is 10.8 Å². The number of carbonyl (C=O) groups is 1. The fraction of sp³-hybridized carbons (Fsp3) is 0.500. The fourth-order valence-electron chi connectivity index (χ4n) is 3.79. The number of anilines is 2. The Kier molecular flexibility index (Phi) is 5.48. The molecule has 1 aliphatic heterocycles. The average Bonchev–Trinajstić information content (AvgIpc) is 3.40. The number of hydrogen-bond donors (Lipinski definition) is 1. The monoisotopic (exact) mass is 386 g/mol. The molecule has 0 unspecified atom stereocenters. The first-order valence-corrected chi connectivity index (χ1v) is 10.5. The van der Waals surface area contributed by atoms with Gasteiger partial charge in [-0.05, 0) is 37.1 Å². The maximum absolute atomic E-state index is 12.4. The zero-order valence-corrected chi connectivity index (χ0v) is 16.5. The lowest BCUT2D eigenvalue weighted by molar-refractivity contribution is 0.0933. The number of aromatic nitrogens is 1. The van der Waals surface area contributed by atoms with Gasteiger partial charge in [-0.1, -0.05) is 12.8 Å². The number of piperazine rings is 1. The van der Waals surface area contributed by atoms with E-state index in [-0.39, 0.29) is 5.91 Å². The van der Waals surface area contributed by atoms with Crippen molar-refractivity contribution in [1.29, 1.82) is 0 Å². The van der Waals surface area contributed by atoms with E-state index in [0.29, 0.717) is 11.7 Å². The van der Waals surface area contributed by atoms with Crippen LogP contribution < -0.4 is 19.9 Å². The van der Waals surface area contributed by atoms with Crippen LogP contribution in [0.15, 0.2) is 29.6 Å². The van der Waals surface area contributed by atoms with E-state index in [1.54, 1.807) is 18.4 Å². The van der Waals surface area contributed by atoms with Crippen LogP contribution in [-0.4, -0.2) is 50.2 Å². The lowest BCUT2D eigenvalue weighted by atomic mass is 10.2. The van der Waals surface area contributed by atoms with Gasteiger partial charge in [0, 0.05) is 43.3 Å². The first-order valence-electron chi connectivity index (χ1n) is 9.63. The third-order valence-electron chi connectivity index (χ3n) is 5.40. The Balaban J connectivity index is 1.32. The third-order valence-corrected chi connectivity index (χ3v) is 6.30. The van der Waals surface area contributed by atoms with Crippen molar-refractivity contribution in [3.8, 4) is 5.75 Å². The van der Waals surface area contributed by atoms with Gasteiger partial charge in [-0.15, -0.1) is 11.3 Å². The van der Waals surface area contributed by atoms with Gasteiger partial charge in [-0.3, -0.25) is 4.79 Å². The Morgan fingerprint density at radius 2 is 1.78 bits per heavy atom. The third kappa shape index (κ3) is 4.18. The lowest BCUT2D eigenvalue weighted by Crippen LogP contribution is -2.46. The smallest absolute Gasteiger partial charge is 0.271 e. The summed E-state index contributed by atoms with van der Waals surface area (Å²) in [4.78, 5) is 21.6. The second kappa shape index (κ2) is 8.17. The van der Waals surface area contributed by atoms with E-state index >= 15 is 0 Å². The molecule has 1 saturated heterocycles. The molecule has 2 fully saturated rings. The van der Waals surface area contributed by atoms with E-state index in [2.05, 4.69) is 32.2 Å². The van der Waals surface area contributed by atoms with Crippen molar-refractivity contribution in [1.82, 2.24) is 10.3 Å². The topological polar surface area (TPSA) is 57.7 Å². The van der Waals surface area contributed by atoms with Crippen molar-refractivity contribution < 1.29 is 9.53 Å². The Bertz CT molecular complexity index is 763. The molecular weight excluding hydrogens is 360 g/mol. The molecule has 2 aromatic rings. The van der Waals surface area contributed by atoms with E-state index in [1.165, 1.54) is 18.5 Å². The number of benzene rings is 1. The molecule has 1 N–H and O–H groups in total. The standard InChI is InChI=1S/C20H26N4O2S/c1-26-17-8-6-16(7-9-17)23-10-12-24(13-11-23)20-22-18(14-27-20)19(25)21-15-4-2-3-5-15/h6-9,14-15H,2-5,10-13H2,1H3,(H,21,25). The second-order valence-corrected chi connectivity index (χ2v) is 7.98. The van der Waals surface area contributed by atoms with Crippen LogP contribution in [0.25, 0.3) is 0 Å². The van der Waals surface area contributed by atoms with Gasteiger partial charge in [-0.2, -0.15) is 0 Å². The van der Waals surface area contributed by atoms with Crippen molar-refractivity contribution in [3.05, 3.63) is 35.3 Å². The highest BCUT2D eigenvalue weighted by atomic mass is 32.1. The largest absolute Gasteiger partial charge is 0.497 e. The molecule has 0 spiro atoms. The number of ether oxygens (including phenoxy) is 1. The molecule has 27 heavy (non-hydrogen) atoms. The van der Waals surface area contributed by atoms with Crippen molar-refractivity contribution in [2.45, 2.75) is 31.7 Å². The summed E-state index contributed by atoms with van der Waals surface area (Å²) in [6.45, 7) is 3.69. The zero-order valence-electron chi connectivity index (χ0n) is 15.7. The van der Waals surface area contributed by atoms with Gasteiger partial charge in [0.1, 0.15) is 11.4 Å². The Morgan fingerprint density at radius 3 is 2.44 bits per heavy atom. The first kappa shape index (κ1) is 18.1. The number of rotatable bonds is 5. The Labute approximate surface area is 164 Å². The Hall–Kier alpha value is -2.28. The van der Waals surface area contributed by atoms with Crippen LogP contribution in [-0.2, 0) is 0 Å². The molecule has 1 aliphatic carbocycles. The highest BCUT2D eigenvalue weighted by Gasteiger charge is 2.23. The summed E-state index contributed by atoms with van der Waals surface area (Å²) in [5.74, 6) is 0.852. The predicted octanol–water partition coefficient (Wildman–Crippen LogP) is 3.15. The van der Waals surface area contributed by atoms with Crippen LogP contribution in [0.2, 0.25) is 0 Å². The van der Waals surface area contributed by atoms with Crippen molar-refractivity contribution in [2.75, 3.05) is 43.1 Å². The zero-order chi connectivity index (χ0) is 18.6. The number of thiazole rings is 1. The van der Waals surface area contributed by atoms with Crippen LogP contribution in [0.1, 0.15) is 36.2 Å². The summed E-state index contributed by atoms with van der Waals surface area (Å²) < 4.78 is 5.23. The first-order chi connectivity index (χ1) is 13.2. The summed E-state index contributed by atoms with van der Waals surface area (Å²) >= 11 is 1.56. The van der Waals surface area contributed by atoms with Gasteiger partial charge in [0.05, 0.1) is 7.11 Å². The SMILES string of the molecule is COc1ccc(N2CCN(c3nc(C(=O)NC4CCCC4)cs3)CC2)cc1. The molecule has 2 heterocycles. The minimum absolute atomic E-state index is 0.0266. The second-order valence-electron chi connectivity index (χ2n) is 7.14. The minimum atomic E-state index is -0.0266. The summed E-state index contributed by atoms with van der Waals surface area (Å²) in [6, 6.07) is 8.53. The molecule has 2 aliphatic rings. The molecular formula is C20H26N4O2S. The maximum atomic E-state index is 12.4. The lowest BCUT2D eigenvalue weighted by Gasteiger charge is -2.36. The number of carbonyl (C=O) groups excluding carboxylic acids is 1. The highest BCUT2D eigenvalue weighted by molar-refractivity contribution is 7.13. The molecule has 0 bridgehead atoms. The summed E-state index contributed by atoms with van der Waals surface area (Å²) in [6.07, 6.45) is 4.61. The molecule has 6 nitrogen and oxygen atoms in total. The van der Waals surface area contributed by atoms with E-state index in [9.17, 15) is 4.79 Å². The molecule has 1 aromatic heterocycles. The number of amides is 1. The molecule has 1 aromatic carbocycles. The molecule has 7 heteroatoms. The van der Waals surface area contributed by atoms with Gasteiger partial charge >= 0.3 is 0 Å². The molecule has 4 rings (SSSR count). The van der Waals surface area contributed by atoms with Gasteiger partial charge in [0.2, 0.25) is 0 Å². The predicted molar refractivity (Wildman–Crippen MR) is 109 cm³/mol. The quantitative estimate of drug-likeness (QED) is 0.855. The average molecular weight is 387 g/mol. The van der Waals surface area contributed by atoms with Gasteiger partial charge in [0.15, 0.2) is 5.13 Å². The number of nitrogens with zero attached hydrogens (tertiary/aromatic N) is 3. The normalized spacial score (nSPS) is 18.0. The summed E-state index contributed by atoms with van der Waals surface area (Å²) in [7, 11) is 1.68. The van der Waals surface area contributed by atoms with E-state index < -0.39 is 0 Å². The van der Waals surface area contributed by atoms with Crippen molar-refractivity contribution >= 4 is 28.1 Å². The highest BCUT2D eigenvalue weighted by Crippen LogP contribution is 2.25. The fourth-order valence-corrected chi connectivity index (χ4v) is 4.65. The molecule has 144 valence electrons. The van der Waals surface area contributed by atoms with Gasteiger partial charge < -0.3 is 19.9 Å². The van der Waals surface area contributed by atoms with Crippen LogP contribution in [0, 0.1) is 0 Å². The molecule has 1 amide bonds. The van der Waals surface area contributed by atoms with Gasteiger partial charge in [0.25, 0.3) is 5.91 Å². The maximum Gasteiger partial charge on any atom is 0.271 e. The van der Waals surface area contributed by atoms with Crippen molar-refractivity contribution in [3.63, 3.8) is 0 Å².